The van der Waals surface area contributed by atoms with Gasteiger partial charge in [0.05, 0.1) is 13.2 Å². The van der Waals surface area contributed by atoms with Gasteiger partial charge in [-0.05, 0) is 53.9 Å². The molecule has 1 fully saturated rings. The summed E-state index contributed by atoms with van der Waals surface area (Å²) in [5.74, 6) is 0. The lowest BCUT2D eigenvalue weighted by Gasteiger charge is -2.53. The Kier molecular flexibility index (Phi) is 11.5. The second-order valence-electron chi connectivity index (χ2n) is 14.1. The van der Waals surface area contributed by atoms with Crippen molar-refractivity contribution in [2.75, 3.05) is 13.2 Å². The maximum Gasteiger partial charge on any atom is 0.192 e. The van der Waals surface area contributed by atoms with Crippen molar-refractivity contribution in [2.24, 2.45) is 0 Å². The van der Waals surface area contributed by atoms with E-state index in [1.165, 1.54) is 0 Å². The third-order valence-corrected chi connectivity index (χ3v) is 15.3. The molecule has 1 heterocycles. The first-order valence-electron chi connectivity index (χ1n) is 16.7. The van der Waals surface area contributed by atoms with Crippen LogP contribution in [0.3, 0.4) is 0 Å². The van der Waals surface area contributed by atoms with Gasteiger partial charge in [-0.15, -0.1) is 6.58 Å². The Morgan fingerprint density at radius 1 is 0.812 bits per heavy atom. The van der Waals surface area contributed by atoms with Crippen molar-refractivity contribution in [3.05, 3.63) is 151 Å². The monoisotopic (exact) mass is 682 g/mol. The number of aliphatic hydroxyl groups is 1. The molecule has 4 aromatic carbocycles. The molecule has 0 saturated carbocycles. The molecule has 0 spiro atoms. The normalized spacial score (nSPS) is 23.5. The minimum Gasteiger partial charge on any atom is -0.408 e. The molecule has 0 aromatic heterocycles. The van der Waals surface area contributed by atoms with Crippen LogP contribution in [-0.4, -0.2) is 56.0 Å². The third kappa shape index (κ3) is 7.73. The van der Waals surface area contributed by atoms with E-state index in [1.54, 1.807) is 24.8 Å². The summed E-state index contributed by atoms with van der Waals surface area (Å²) in [6.45, 7) is 17.1. The first kappa shape index (κ1) is 36.3. The highest BCUT2D eigenvalue weighted by Gasteiger charge is 2.57. The molecule has 0 amide bonds. The van der Waals surface area contributed by atoms with Gasteiger partial charge < -0.3 is 23.7 Å². The van der Waals surface area contributed by atoms with Gasteiger partial charge in [0.15, 0.2) is 8.32 Å². The Labute approximate surface area is 292 Å². The molecule has 254 valence electrons. The molecule has 1 aliphatic heterocycles. The summed E-state index contributed by atoms with van der Waals surface area (Å²) >= 11 is 1.59. The lowest BCUT2D eigenvalue weighted by molar-refractivity contribution is -0.264. The highest BCUT2D eigenvalue weighted by Crippen LogP contribution is 2.47. The van der Waals surface area contributed by atoms with E-state index in [1.807, 2.05) is 72.8 Å². The zero-order valence-electron chi connectivity index (χ0n) is 29.0. The minimum atomic E-state index is -2.34. The van der Waals surface area contributed by atoms with Crippen LogP contribution in [-0.2, 0) is 24.2 Å². The summed E-state index contributed by atoms with van der Waals surface area (Å²) < 4.78 is 27.8. The number of hydrogen-bond acceptors (Lipinski definition) is 6. The highest BCUT2D eigenvalue weighted by atomic mass is 32.2. The fourth-order valence-corrected chi connectivity index (χ4v) is 8.49. The van der Waals surface area contributed by atoms with Crippen LogP contribution < -0.4 is 0 Å². The molecule has 0 aliphatic carbocycles. The van der Waals surface area contributed by atoms with E-state index in [-0.39, 0.29) is 18.3 Å². The molecule has 1 aliphatic rings. The van der Waals surface area contributed by atoms with Crippen molar-refractivity contribution in [1.82, 2.24) is 0 Å². The standard InChI is InChI=1S/C41H50O5SSi/c1-8-29-43-37-36(46-48(6,7)39(2,3)4)38(47-34-27-19-12-20-28-34)45-35(40(37,5)42)30-44-41(31-21-13-9-14-22-31,32-23-15-10-16-24-32)33-25-17-11-18-26-33/h8-28,35-38,42H,1,29-30H2,2-7H3/t35-,36-,37-,38+,40+/m1/s1. The Bertz CT molecular complexity index is 1480. The number of benzene rings is 4. The number of thioether (sulfide) groups is 1. The smallest absolute Gasteiger partial charge is 0.192 e. The van der Waals surface area contributed by atoms with Crippen LogP contribution in [0.5, 0.6) is 0 Å². The molecule has 48 heavy (non-hydrogen) atoms. The lowest BCUT2D eigenvalue weighted by atomic mass is 9.79. The highest BCUT2D eigenvalue weighted by molar-refractivity contribution is 7.99. The Morgan fingerprint density at radius 3 is 1.71 bits per heavy atom. The third-order valence-electron chi connectivity index (χ3n) is 9.71. The quantitative estimate of drug-likeness (QED) is 0.0862. The Morgan fingerprint density at radius 2 is 1.27 bits per heavy atom. The summed E-state index contributed by atoms with van der Waals surface area (Å²) in [6.07, 6.45) is -0.314. The number of ether oxygens (including phenoxy) is 3. The molecule has 4 aromatic rings. The van der Waals surface area contributed by atoms with Gasteiger partial charge in [-0.3, -0.25) is 0 Å². The molecular weight excluding hydrogens is 633 g/mol. The average Bonchev–Trinajstić information content (AvgIpc) is 3.08. The Hall–Kier alpha value is -3.01. The topological polar surface area (TPSA) is 57.2 Å². The van der Waals surface area contributed by atoms with E-state index in [0.29, 0.717) is 0 Å². The van der Waals surface area contributed by atoms with Crippen molar-refractivity contribution in [1.29, 1.82) is 0 Å². The predicted octanol–water partition coefficient (Wildman–Crippen LogP) is 9.22. The SMILES string of the molecule is C=CCO[C@@H]1[C@@H](O[Si](C)(C)C(C)(C)C)[C@H](Sc2ccccc2)O[C@H](COC(c2ccccc2)(c2ccccc2)c2ccccc2)[C@]1(C)O. The maximum absolute atomic E-state index is 12.5. The Balaban J connectivity index is 1.59. The maximum atomic E-state index is 12.5. The predicted molar refractivity (Wildman–Crippen MR) is 199 cm³/mol. The van der Waals surface area contributed by atoms with Crippen LogP contribution in [0.15, 0.2) is 139 Å². The molecule has 1 N–H and O–H groups in total. The lowest BCUT2D eigenvalue weighted by Crippen LogP contribution is -2.68. The van der Waals surface area contributed by atoms with Crippen LogP contribution in [0.1, 0.15) is 44.4 Å². The van der Waals surface area contributed by atoms with Gasteiger partial charge in [-0.2, -0.15) is 0 Å². The molecule has 0 unspecified atom stereocenters. The summed E-state index contributed by atoms with van der Waals surface area (Å²) in [5, 5.41) is 12.5. The zero-order valence-corrected chi connectivity index (χ0v) is 30.9. The van der Waals surface area contributed by atoms with Crippen molar-refractivity contribution in [2.45, 2.75) is 85.7 Å². The van der Waals surface area contributed by atoms with Gasteiger partial charge in [-0.1, -0.05) is 148 Å². The number of rotatable bonds is 13. The fraction of sp³-hybridized carbons (Fsp3) is 0.366. The van der Waals surface area contributed by atoms with Gasteiger partial charge in [0, 0.05) is 4.90 Å². The van der Waals surface area contributed by atoms with Crippen LogP contribution in [0, 0.1) is 0 Å². The van der Waals surface area contributed by atoms with Gasteiger partial charge in [0.1, 0.15) is 34.9 Å². The van der Waals surface area contributed by atoms with E-state index in [9.17, 15) is 5.11 Å². The van der Waals surface area contributed by atoms with Gasteiger partial charge in [0.2, 0.25) is 0 Å². The largest absolute Gasteiger partial charge is 0.408 e. The van der Waals surface area contributed by atoms with E-state index < -0.39 is 43.3 Å². The minimum absolute atomic E-state index is 0.0651. The molecule has 1 saturated heterocycles. The number of hydrogen-bond donors (Lipinski definition) is 1. The fourth-order valence-electron chi connectivity index (χ4n) is 6.01. The van der Waals surface area contributed by atoms with Crippen molar-refractivity contribution in [3.63, 3.8) is 0 Å². The summed E-state index contributed by atoms with van der Waals surface area (Å²) in [7, 11) is -2.34. The summed E-state index contributed by atoms with van der Waals surface area (Å²) in [6, 6.07) is 40.9. The van der Waals surface area contributed by atoms with Crippen LogP contribution in [0.25, 0.3) is 0 Å². The van der Waals surface area contributed by atoms with Crippen LogP contribution >= 0.6 is 11.8 Å². The second-order valence-corrected chi connectivity index (χ2v) is 20.1. The van der Waals surface area contributed by atoms with Crippen molar-refractivity contribution >= 4 is 20.1 Å². The van der Waals surface area contributed by atoms with Gasteiger partial charge in [0.25, 0.3) is 0 Å². The van der Waals surface area contributed by atoms with E-state index in [2.05, 4.69) is 89.0 Å². The summed E-state index contributed by atoms with van der Waals surface area (Å²) in [5.41, 5.74) is 0.00586. The summed E-state index contributed by atoms with van der Waals surface area (Å²) in [4.78, 5) is 1.04. The second kappa shape index (κ2) is 15.3. The molecule has 5 rings (SSSR count). The van der Waals surface area contributed by atoms with Gasteiger partial charge >= 0.3 is 0 Å². The van der Waals surface area contributed by atoms with E-state index in [0.717, 1.165) is 21.6 Å². The van der Waals surface area contributed by atoms with Crippen LogP contribution in [0.2, 0.25) is 18.1 Å². The molecule has 0 bridgehead atoms. The van der Waals surface area contributed by atoms with E-state index in [4.69, 9.17) is 18.6 Å². The molecule has 0 radical (unpaired) electrons. The van der Waals surface area contributed by atoms with Crippen molar-refractivity contribution in [3.8, 4) is 0 Å². The van der Waals surface area contributed by atoms with E-state index >= 15 is 0 Å². The molecule has 5 nitrogen and oxygen atoms in total. The molecular formula is C41H50O5SSi. The average molecular weight is 683 g/mol. The zero-order chi connectivity index (χ0) is 34.4. The first-order valence-corrected chi connectivity index (χ1v) is 20.5. The van der Waals surface area contributed by atoms with Gasteiger partial charge in [-0.25, -0.2) is 0 Å². The van der Waals surface area contributed by atoms with Crippen LogP contribution in [0.4, 0.5) is 0 Å². The van der Waals surface area contributed by atoms with Crippen molar-refractivity contribution < 1.29 is 23.7 Å². The molecule has 7 heteroatoms. The molecule has 5 atom stereocenters. The first-order chi connectivity index (χ1) is 22.9.